The minimum Gasteiger partial charge on any atom is -0.347 e. The second-order valence-electron chi connectivity index (χ2n) is 2.97. The van der Waals surface area contributed by atoms with Crippen LogP contribution in [0.5, 0.6) is 0 Å². The van der Waals surface area contributed by atoms with Gasteiger partial charge in [-0.2, -0.15) is 0 Å². The van der Waals surface area contributed by atoms with E-state index in [1.165, 1.54) is 6.20 Å². The van der Waals surface area contributed by atoms with Crippen molar-refractivity contribution in [3.05, 3.63) is 29.0 Å². The van der Waals surface area contributed by atoms with Crippen LogP contribution in [0, 0.1) is 0 Å². The Labute approximate surface area is 87.5 Å². The number of aromatic nitrogens is 1. The number of carbonyl (C=O) groups is 1. The molecule has 1 rings (SSSR count). The number of pyridine rings is 1. The van der Waals surface area contributed by atoms with Crippen molar-refractivity contribution >= 4 is 17.5 Å². The molecule has 76 valence electrons. The summed E-state index contributed by atoms with van der Waals surface area (Å²) in [5.74, 6) is -0.236. The molecule has 0 unspecified atom stereocenters. The molecule has 0 aliphatic carbocycles. The summed E-state index contributed by atoms with van der Waals surface area (Å²) in [4.78, 5) is 15.3. The Bertz CT molecular complexity index is 312. The average Bonchev–Trinajstić information content (AvgIpc) is 2.18. The zero-order valence-electron chi connectivity index (χ0n) is 7.83. The van der Waals surface area contributed by atoms with Crippen molar-refractivity contribution in [2.45, 2.75) is 13.0 Å². The molecule has 1 atom stereocenters. The third-order valence-electron chi connectivity index (χ3n) is 1.69. The average molecular weight is 214 g/mol. The molecule has 1 amide bonds. The first-order chi connectivity index (χ1) is 6.63. The third-order valence-corrected chi connectivity index (χ3v) is 1.91. The van der Waals surface area contributed by atoms with E-state index in [1.54, 1.807) is 12.1 Å². The van der Waals surface area contributed by atoms with Gasteiger partial charge in [-0.15, -0.1) is 0 Å². The highest BCUT2D eigenvalue weighted by Crippen LogP contribution is 2.05. The van der Waals surface area contributed by atoms with E-state index in [1.807, 2.05) is 6.92 Å². The highest BCUT2D eigenvalue weighted by molar-refractivity contribution is 6.30. The summed E-state index contributed by atoms with van der Waals surface area (Å²) in [5, 5.41) is 3.20. The van der Waals surface area contributed by atoms with E-state index in [0.717, 1.165) is 0 Å². The van der Waals surface area contributed by atoms with E-state index in [-0.39, 0.29) is 11.9 Å². The predicted molar refractivity (Wildman–Crippen MR) is 55.2 cm³/mol. The minimum atomic E-state index is -0.236. The van der Waals surface area contributed by atoms with Gasteiger partial charge < -0.3 is 11.1 Å². The first-order valence-electron chi connectivity index (χ1n) is 4.26. The summed E-state index contributed by atoms with van der Waals surface area (Å²) in [5.41, 5.74) is 5.71. The Morgan fingerprint density at radius 3 is 2.93 bits per heavy atom. The predicted octanol–water partition coefficient (Wildman–Crippen LogP) is 0.812. The lowest BCUT2D eigenvalue weighted by atomic mass is 10.3. The van der Waals surface area contributed by atoms with Crippen LogP contribution in [0.15, 0.2) is 18.3 Å². The van der Waals surface area contributed by atoms with Crippen LogP contribution in [0.25, 0.3) is 0 Å². The number of hydrogen-bond donors (Lipinski definition) is 2. The standard InChI is InChI=1S/C9H12ClN3O/c1-6(4-11)13-9(14)8-3-2-7(10)5-12-8/h2-3,5-6H,4,11H2,1H3,(H,13,14)/t6-/m1/s1. The lowest BCUT2D eigenvalue weighted by molar-refractivity contribution is 0.0936. The Morgan fingerprint density at radius 2 is 2.43 bits per heavy atom. The molecule has 0 fully saturated rings. The summed E-state index contributed by atoms with van der Waals surface area (Å²) in [6.07, 6.45) is 1.43. The summed E-state index contributed by atoms with van der Waals surface area (Å²) in [6.45, 7) is 2.23. The summed E-state index contributed by atoms with van der Waals surface area (Å²) >= 11 is 5.64. The number of hydrogen-bond acceptors (Lipinski definition) is 3. The number of nitrogens with zero attached hydrogens (tertiary/aromatic N) is 1. The zero-order chi connectivity index (χ0) is 10.6. The van der Waals surface area contributed by atoms with E-state index in [4.69, 9.17) is 17.3 Å². The van der Waals surface area contributed by atoms with Gasteiger partial charge in [-0.3, -0.25) is 4.79 Å². The maximum Gasteiger partial charge on any atom is 0.270 e. The maximum atomic E-state index is 11.5. The molecule has 0 saturated carbocycles. The van der Waals surface area contributed by atoms with Gasteiger partial charge in [-0.25, -0.2) is 4.98 Å². The van der Waals surface area contributed by atoms with Crippen molar-refractivity contribution in [2.75, 3.05) is 6.54 Å². The first kappa shape index (κ1) is 10.9. The van der Waals surface area contributed by atoms with Crippen LogP contribution in [-0.4, -0.2) is 23.5 Å². The molecule has 14 heavy (non-hydrogen) atoms. The van der Waals surface area contributed by atoms with Crippen molar-refractivity contribution in [1.82, 2.24) is 10.3 Å². The van der Waals surface area contributed by atoms with E-state index >= 15 is 0 Å². The number of amides is 1. The van der Waals surface area contributed by atoms with Crippen molar-refractivity contribution < 1.29 is 4.79 Å². The number of carbonyl (C=O) groups excluding carboxylic acids is 1. The van der Waals surface area contributed by atoms with E-state index in [9.17, 15) is 4.79 Å². The van der Waals surface area contributed by atoms with Gasteiger partial charge in [-0.1, -0.05) is 11.6 Å². The summed E-state index contributed by atoms with van der Waals surface area (Å²) < 4.78 is 0. The van der Waals surface area contributed by atoms with Gasteiger partial charge in [0.1, 0.15) is 5.69 Å². The van der Waals surface area contributed by atoms with Gasteiger partial charge in [0.05, 0.1) is 5.02 Å². The lowest BCUT2D eigenvalue weighted by Gasteiger charge is -2.10. The monoisotopic (exact) mass is 213 g/mol. The fraction of sp³-hybridized carbons (Fsp3) is 0.333. The normalized spacial score (nSPS) is 12.2. The van der Waals surface area contributed by atoms with Crippen LogP contribution in [0.4, 0.5) is 0 Å². The van der Waals surface area contributed by atoms with Crippen LogP contribution in [0.3, 0.4) is 0 Å². The fourth-order valence-electron chi connectivity index (χ4n) is 0.867. The molecule has 0 aromatic carbocycles. The number of nitrogens with one attached hydrogen (secondary N) is 1. The number of nitrogens with two attached hydrogens (primary N) is 1. The molecule has 3 N–H and O–H groups in total. The van der Waals surface area contributed by atoms with Crippen LogP contribution in [-0.2, 0) is 0 Å². The molecule has 0 saturated heterocycles. The first-order valence-corrected chi connectivity index (χ1v) is 4.63. The maximum absolute atomic E-state index is 11.5. The zero-order valence-corrected chi connectivity index (χ0v) is 8.58. The van der Waals surface area contributed by atoms with E-state index in [0.29, 0.717) is 17.3 Å². The largest absolute Gasteiger partial charge is 0.347 e. The molecule has 1 aromatic rings. The number of halogens is 1. The van der Waals surface area contributed by atoms with Crippen molar-refractivity contribution in [1.29, 1.82) is 0 Å². The SMILES string of the molecule is C[C@H](CN)NC(=O)c1ccc(Cl)cn1. The van der Waals surface area contributed by atoms with Crippen LogP contribution < -0.4 is 11.1 Å². The molecule has 5 heteroatoms. The highest BCUT2D eigenvalue weighted by Gasteiger charge is 2.08. The Kier molecular flexibility index (Phi) is 3.85. The molecular formula is C9H12ClN3O. The van der Waals surface area contributed by atoms with Crippen LogP contribution in [0.1, 0.15) is 17.4 Å². The molecule has 0 aliphatic rings. The Balaban J connectivity index is 2.65. The van der Waals surface area contributed by atoms with Crippen molar-refractivity contribution in [3.8, 4) is 0 Å². The topological polar surface area (TPSA) is 68.0 Å². The van der Waals surface area contributed by atoms with Gasteiger partial charge in [0.2, 0.25) is 0 Å². The van der Waals surface area contributed by atoms with Gasteiger partial charge in [0.15, 0.2) is 0 Å². The van der Waals surface area contributed by atoms with E-state index < -0.39 is 0 Å². The van der Waals surface area contributed by atoms with E-state index in [2.05, 4.69) is 10.3 Å². The molecule has 0 aliphatic heterocycles. The van der Waals surface area contributed by atoms with Gasteiger partial charge in [-0.05, 0) is 19.1 Å². The second kappa shape index (κ2) is 4.93. The van der Waals surface area contributed by atoms with Crippen LogP contribution >= 0.6 is 11.6 Å². The molecule has 0 spiro atoms. The molecular weight excluding hydrogens is 202 g/mol. The Morgan fingerprint density at radius 1 is 1.71 bits per heavy atom. The van der Waals surface area contributed by atoms with Gasteiger partial charge in [0, 0.05) is 18.8 Å². The van der Waals surface area contributed by atoms with Crippen LogP contribution in [0.2, 0.25) is 5.02 Å². The number of rotatable bonds is 3. The Hall–Kier alpha value is -1.13. The molecule has 0 bridgehead atoms. The van der Waals surface area contributed by atoms with Crippen molar-refractivity contribution in [2.24, 2.45) is 5.73 Å². The molecule has 0 radical (unpaired) electrons. The summed E-state index contributed by atoms with van der Waals surface area (Å²) in [7, 11) is 0. The highest BCUT2D eigenvalue weighted by atomic mass is 35.5. The smallest absolute Gasteiger partial charge is 0.270 e. The van der Waals surface area contributed by atoms with Gasteiger partial charge >= 0.3 is 0 Å². The summed E-state index contributed by atoms with van der Waals surface area (Å²) in [6, 6.07) is 3.14. The fourth-order valence-corrected chi connectivity index (χ4v) is 0.979. The van der Waals surface area contributed by atoms with Crippen molar-refractivity contribution in [3.63, 3.8) is 0 Å². The molecule has 1 heterocycles. The molecule has 4 nitrogen and oxygen atoms in total. The second-order valence-corrected chi connectivity index (χ2v) is 3.41. The lowest BCUT2D eigenvalue weighted by Crippen LogP contribution is -2.38. The quantitative estimate of drug-likeness (QED) is 0.781. The third kappa shape index (κ3) is 2.97. The molecule has 1 aromatic heterocycles. The minimum absolute atomic E-state index is 0.0556. The van der Waals surface area contributed by atoms with Gasteiger partial charge in [0.25, 0.3) is 5.91 Å².